The van der Waals surface area contributed by atoms with Crippen molar-refractivity contribution in [3.05, 3.63) is 24.3 Å². The highest BCUT2D eigenvalue weighted by molar-refractivity contribution is 7.92. The third-order valence-electron chi connectivity index (χ3n) is 6.53. The summed E-state index contributed by atoms with van der Waals surface area (Å²) in [6.45, 7) is 7.97. The number of hydrogen-bond donors (Lipinski definition) is 3. The van der Waals surface area contributed by atoms with Gasteiger partial charge >= 0.3 is 6.03 Å². The van der Waals surface area contributed by atoms with Gasteiger partial charge in [0.05, 0.1) is 5.75 Å². The Hall–Kier alpha value is -2.62. The molecular weight excluding hydrogens is 444 g/mol. The number of amides is 4. The van der Waals surface area contributed by atoms with E-state index in [-0.39, 0.29) is 23.6 Å². The number of carbonyl (C=O) groups is 3. The summed E-state index contributed by atoms with van der Waals surface area (Å²) in [5.41, 5.74) is 0.0726. The molecule has 1 aromatic rings. The van der Waals surface area contributed by atoms with Crippen LogP contribution in [-0.2, 0) is 19.6 Å². The monoisotopic (exact) mass is 478 g/mol. The molecule has 1 aromatic carbocycles. The number of nitrogens with zero attached hydrogens (tertiary/aromatic N) is 1. The van der Waals surface area contributed by atoms with Crippen molar-refractivity contribution in [2.45, 2.75) is 65.3 Å². The molecule has 1 saturated carbocycles. The lowest BCUT2D eigenvalue weighted by molar-refractivity contribution is -0.135. The molecule has 2 fully saturated rings. The van der Waals surface area contributed by atoms with Gasteiger partial charge in [-0.25, -0.2) is 13.2 Å². The molecule has 3 N–H and O–H groups in total. The summed E-state index contributed by atoms with van der Waals surface area (Å²) in [5, 5.41) is 5.50. The summed E-state index contributed by atoms with van der Waals surface area (Å²) < 4.78 is 26.2. The van der Waals surface area contributed by atoms with Crippen molar-refractivity contribution in [2.75, 3.05) is 22.3 Å². The quantitative estimate of drug-likeness (QED) is 0.519. The van der Waals surface area contributed by atoms with Crippen molar-refractivity contribution in [2.24, 2.45) is 11.3 Å². The van der Waals surface area contributed by atoms with Crippen LogP contribution >= 0.6 is 0 Å². The van der Waals surface area contributed by atoms with Gasteiger partial charge in [-0.3, -0.25) is 19.2 Å². The second kappa shape index (κ2) is 9.32. The first kappa shape index (κ1) is 25.0. The topological polar surface area (TPSA) is 125 Å². The van der Waals surface area contributed by atoms with E-state index in [1.807, 2.05) is 0 Å². The van der Waals surface area contributed by atoms with E-state index >= 15 is 0 Å². The van der Waals surface area contributed by atoms with Crippen LogP contribution in [0.3, 0.4) is 0 Å². The summed E-state index contributed by atoms with van der Waals surface area (Å²) in [6, 6.07) is 5.66. The molecule has 9 nitrogen and oxygen atoms in total. The lowest BCUT2D eigenvalue weighted by Gasteiger charge is -2.40. The van der Waals surface area contributed by atoms with E-state index in [4.69, 9.17) is 0 Å². The second-order valence-corrected chi connectivity index (χ2v) is 11.9. The van der Waals surface area contributed by atoms with Gasteiger partial charge in [0.25, 0.3) is 5.91 Å². The van der Waals surface area contributed by atoms with Gasteiger partial charge in [0.15, 0.2) is 0 Å². The standard InChI is InChI=1S/C23H34N4O5S/c1-5-14-33(31,32)26-18-8-6-17(7-9-18)24-19(28)15-27-20(29)23(25-21(27)30)12-10-16(11-13-23)22(2,3)4/h6-9,16,26H,5,10-15H2,1-4H3,(H,24,28)(H,25,30). The van der Waals surface area contributed by atoms with Crippen LogP contribution in [0.1, 0.15) is 59.8 Å². The molecule has 1 saturated heterocycles. The van der Waals surface area contributed by atoms with E-state index in [9.17, 15) is 22.8 Å². The number of benzene rings is 1. The van der Waals surface area contributed by atoms with Crippen molar-refractivity contribution in [1.82, 2.24) is 10.2 Å². The molecule has 0 aromatic heterocycles. The number of carbonyl (C=O) groups excluding carboxylic acids is 3. The zero-order valence-electron chi connectivity index (χ0n) is 19.7. The van der Waals surface area contributed by atoms with Gasteiger partial charge < -0.3 is 10.6 Å². The number of urea groups is 1. The molecule has 1 heterocycles. The van der Waals surface area contributed by atoms with Gasteiger partial charge in [-0.15, -0.1) is 0 Å². The molecular formula is C23H34N4O5S. The predicted molar refractivity (Wildman–Crippen MR) is 127 cm³/mol. The molecule has 1 spiro atoms. The van der Waals surface area contributed by atoms with Crippen molar-refractivity contribution >= 4 is 39.2 Å². The molecule has 182 valence electrons. The van der Waals surface area contributed by atoms with Crippen LogP contribution in [0.15, 0.2) is 24.3 Å². The van der Waals surface area contributed by atoms with Crippen molar-refractivity contribution in [1.29, 1.82) is 0 Å². The van der Waals surface area contributed by atoms with E-state index in [0.717, 1.165) is 17.7 Å². The minimum absolute atomic E-state index is 0.0236. The molecule has 10 heteroatoms. The maximum atomic E-state index is 13.1. The molecule has 4 amide bonds. The Bertz CT molecular complexity index is 1010. The van der Waals surface area contributed by atoms with E-state index in [1.165, 1.54) is 0 Å². The maximum Gasteiger partial charge on any atom is 0.325 e. The molecule has 0 atom stereocenters. The lowest BCUT2D eigenvalue weighted by Crippen LogP contribution is -2.50. The first-order chi connectivity index (χ1) is 15.3. The Kier molecular flexibility index (Phi) is 7.07. The molecule has 0 radical (unpaired) electrons. The second-order valence-electron chi connectivity index (χ2n) is 10.1. The highest BCUT2D eigenvalue weighted by atomic mass is 32.2. The van der Waals surface area contributed by atoms with E-state index in [1.54, 1.807) is 31.2 Å². The first-order valence-corrected chi connectivity index (χ1v) is 13.0. The van der Waals surface area contributed by atoms with E-state index < -0.39 is 27.5 Å². The SMILES string of the molecule is CCCS(=O)(=O)Nc1ccc(NC(=O)CN2C(=O)NC3(CCC(C(C)(C)C)CC3)C2=O)cc1. The fourth-order valence-electron chi connectivity index (χ4n) is 4.60. The number of imide groups is 1. The number of rotatable bonds is 7. The Morgan fingerprint density at radius 1 is 1.12 bits per heavy atom. The average molecular weight is 479 g/mol. The summed E-state index contributed by atoms with van der Waals surface area (Å²) >= 11 is 0. The van der Waals surface area contributed by atoms with Crippen LogP contribution in [0.5, 0.6) is 0 Å². The predicted octanol–water partition coefficient (Wildman–Crippen LogP) is 3.30. The van der Waals surface area contributed by atoms with Crippen molar-refractivity contribution < 1.29 is 22.8 Å². The largest absolute Gasteiger partial charge is 0.325 e. The average Bonchev–Trinajstić information content (AvgIpc) is 2.93. The number of sulfonamides is 1. The van der Waals surface area contributed by atoms with Crippen molar-refractivity contribution in [3.63, 3.8) is 0 Å². The van der Waals surface area contributed by atoms with E-state index in [0.29, 0.717) is 36.6 Å². The van der Waals surface area contributed by atoms with E-state index in [2.05, 4.69) is 36.1 Å². The third-order valence-corrected chi connectivity index (χ3v) is 8.02. The zero-order valence-corrected chi connectivity index (χ0v) is 20.5. The normalized spacial score (nSPS) is 23.5. The van der Waals surface area contributed by atoms with Crippen LogP contribution in [-0.4, -0.2) is 49.0 Å². The fourth-order valence-corrected chi connectivity index (χ4v) is 5.74. The Labute approximate surface area is 195 Å². The summed E-state index contributed by atoms with van der Waals surface area (Å²) in [7, 11) is -3.40. The fraction of sp³-hybridized carbons (Fsp3) is 0.609. The van der Waals surface area contributed by atoms with Crippen LogP contribution in [0.4, 0.5) is 16.2 Å². The Morgan fingerprint density at radius 3 is 2.24 bits per heavy atom. The summed E-state index contributed by atoms with van der Waals surface area (Å²) in [5.74, 6) is -0.330. The molecule has 1 aliphatic carbocycles. The molecule has 0 bridgehead atoms. The number of hydrogen-bond acceptors (Lipinski definition) is 5. The molecule has 3 rings (SSSR count). The third kappa shape index (κ3) is 5.85. The minimum atomic E-state index is -3.40. The van der Waals surface area contributed by atoms with Gasteiger partial charge in [0.2, 0.25) is 15.9 Å². The Balaban J connectivity index is 1.57. The summed E-state index contributed by atoms with van der Waals surface area (Å²) in [4.78, 5) is 39.1. The maximum absolute atomic E-state index is 13.1. The Morgan fingerprint density at radius 2 is 1.70 bits per heavy atom. The van der Waals surface area contributed by atoms with Crippen molar-refractivity contribution in [3.8, 4) is 0 Å². The van der Waals surface area contributed by atoms with Crippen LogP contribution in [0.25, 0.3) is 0 Å². The number of nitrogens with one attached hydrogen (secondary N) is 3. The molecule has 1 aliphatic heterocycles. The van der Waals surface area contributed by atoms with Gasteiger partial charge in [0.1, 0.15) is 12.1 Å². The highest BCUT2D eigenvalue weighted by Gasteiger charge is 2.53. The van der Waals surface area contributed by atoms with Gasteiger partial charge in [0, 0.05) is 11.4 Å². The molecule has 2 aliphatic rings. The molecule has 33 heavy (non-hydrogen) atoms. The minimum Gasteiger partial charge on any atom is -0.325 e. The summed E-state index contributed by atoms with van der Waals surface area (Å²) in [6.07, 6.45) is 3.36. The first-order valence-electron chi connectivity index (χ1n) is 11.4. The van der Waals surface area contributed by atoms with Crippen LogP contribution in [0, 0.1) is 11.3 Å². The lowest BCUT2D eigenvalue weighted by atomic mass is 9.67. The van der Waals surface area contributed by atoms with Gasteiger partial charge in [-0.2, -0.15) is 0 Å². The highest BCUT2D eigenvalue weighted by Crippen LogP contribution is 2.43. The zero-order chi connectivity index (χ0) is 24.4. The number of anilines is 2. The van der Waals surface area contributed by atoms with Gasteiger partial charge in [-0.05, 0) is 67.7 Å². The molecule has 0 unspecified atom stereocenters. The smallest absolute Gasteiger partial charge is 0.325 e. The van der Waals surface area contributed by atoms with Gasteiger partial charge in [-0.1, -0.05) is 27.7 Å². The van der Waals surface area contributed by atoms with Crippen LogP contribution < -0.4 is 15.4 Å². The van der Waals surface area contributed by atoms with Crippen LogP contribution in [0.2, 0.25) is 0 Å².